The number of likely N-dealkylation sites (N-methyl/N-ethyl adjacent to an activating group) is 1. The Morgan fingerprint density at radius 1 is 1.04 bits per heavy atom. The molecule has 0 aliphatic carbocycles. The second-order valence-electron chi connectivity index (χ2n) is 4.94. The van der Waals surface area contributed by atoms with Gasteiger partial charge in [0.1, 0.15) is 0 Å². The molecule has 0 radical (unpaired) electrons. The summed E-state index contributed by atoms with van der Waals surface area (Å²) in [6.45, 7) is 1.52. The first kappa shape index (κ1) is 17.3. The summed E-state index contributed by atoms with van der Waals surface area (Å²) in [5, 5.41) is 0.648. The van der Waals surface area contributed by atoms with Crippen LogP contribution in [0.4, 0.5) is 5.69 Å². The number of hydrogen-bond acceptors (Lipinski definition) is 3. The van der Waals surface area contributed by atoms with Crippen LogP contribution >= 0.6 is 23.2 Å². The zero-order valence-corrected chi connectivity index (χ0v) is 14.1. The summed E-state index contributed by atoms with van der Waals surface area (Å²) in [5.41, 5.74) is 0.913. The number of amides is 1. The molecule has 1 amide bonds. The van der Waals surface area contributed by atoms with Crippen LogP contribution in [-0.2, 0) is 9.53 Å². The van der Waals surface area contributed by atoms with Gasteiger partial charge in [-0.2, -0.15) is 0 Å². The second-order valence-corrected chi connectivity index (χ2v) is 5.81. The molecule has 0 bridgehead atoms. The van der Waals surface area contributed by atoms with Crippen LogP contribution < -0.4 is 4.90 Å². The van der Waals surface area contributed by atoms with Crippen LogP contribution in [0.1, 0.15) is 17.3 Å². The lowest BCUT2D eigenvalue weighted by molar-refractivity contribution is -0.126. The lowest BCUT2D eigenvalue weighted by atomic mass is 10.2. The number of nitrogens with zero attached hydrogens (tertiary/aromatic N) is 1. The average molecular weight is 352 g/mol. The van der Waals surface area contributed by atoms with E-state index < -0.39 is 12.1 Å². The number of rotatable bonds is 4. The van der Waals surface area contributed by atoms with E-state index >= 15 is 0 Å². The molecule has 120 valence electrons. The van der Waals surface area contributed by atoms with Crippen LogP contribution in [0.25, 0.3) is 0 Å². The Kier molecular flexibility index (Phi) is 5.64. The molecule has 0 saturated carbocycles. The third-order valence-corrected chi connectivity index (χ3v) is 3.64. The Morgan fingerprint density at radius 3 is 2.17 bits per heavy atom. The summed E-state index contributed by atoms with van der Waals surface area (Å²) in [5.74, 6) is -0.991. The molecule has 1 atom stereocenters. The van der Waals surface area contributed by atoms with Crippen LogP contribution in [0.5, 0.6) is 0 Å². The van der Waals surface area contributed by atoms with E-state index in [9.17, 15) is 9.59 Å². The Hall–Kier alpha value is -2.04. The van der Waals surface area contributed by atoms with Crippen molar-refractivity contribution in [2.45, 2.75) is 13.0 Å². The topological polar surface area (TPSA) is 46.6 Å². The number of carbonyl (C=O) groups is 2. The first-order chi connectivity index (χ1) is 10.9. The van der Waals surface area contributed by atoms with Crippen LogP contribution in [0.2, 0.25) is 10.0 Å². The Balaban J connectivity index is 2.07. The number of halogens is 2. The van der Waals surface area contributed by atoms with Gasteiger partial charge in [0.15, 0.2) is 6.10 Å². The normalized spacial score (nSPS) is 11.7. The summed E-state index contributed by atoms with van der Waals surface area (Å²) in [4.78, 5) is 25.9. The molecular formula is C17H15Cl2NO3. The van der Waals surface area contributed by atoms with Gasteiger partial charge in [0.05, 0.1) is 5.56 Å². The van der Waals surface area contributed by atoms with E-state index in [2.05, 4.69) is 0 Å². The highest BCUT2D eigenvalue weighted by atomic mass is 35.5. The molecule has 23 heavy (non-hydrogen) atoms. The van der Waals surface area contributed by atoms with Gasteiger partial charge in [0.25, 0.3) is 5.91 Å². The largest absolute Gasteiger partial charge is 0.449 e. The minimum Gasteiger partial charge on any atom is -0.449 e. The maximum Gasteiger partial charge on any atom is 0.339 e. The highest BCUT2D eigenvalue weighted by molar-refractivity contribution is 6.35. The van der Waals surface area contributed by atoms with Gasteiger partial charge in [-0.1, -0.05) is 41.4 Å². The van der Waals surface area contributed by atoms with Crippen molar-refractivity contribution in [2.75, 3.05) is 11.9 Å². The molecular weight excluding hydrogens is 337 g/mol. The Labute approximate surface area is 144 Å². The highest BCUT2D eigenvalue weighted by Gasteiger charge is 2.23. The minimum absolute atomic E-state index is 0.199. The maximum atomic E-state index is 12.3. The zero-order valence-electron chi connectivity index (χ0n) is 12.6. The number of carbonyl (C=O) groups excluding carboxylic acids is 2. The summed E-state index contributed by atoms with van der Waals surface area (Å²) >= 11 is 11.7. The zero-order chi connectivity index (χ0) is 17.0. The van der Waals surface area contributed by atoms with E-state index in [1.165, 1.54) is 30.0 Å². The lowest BCUT2D eigenvalue weighted by Gasteiger charge is -2.21. The monoisotopic (exact) mass is 351 g/mol. The third-order valence-electron chi connectivity index (χ3n) is 3.20. The van der Waals surface area contributed by atoms with Gasteiger partial charge in [-0.25, -0.2) is 4.79 Å². The molecule has 4 nitrogen and oxygen atoms in total. The second kappa shape index (κ2) is 7.49. The molecule has 0 fully saturated rings. The number of para-hydroxylation sites is 1. The summed E-state index contributed by atoms with van der Waals surface area (Å²) in [6, 6.07) is 13.5. The van der Waals surface area contributed by atoms with Gasteiger partial charge >= 0.3 is 5.97 Å². The minimum atomic E-state index is -0.939. The summed E-state index contributed by atoms with van der Waals surface area (Å²) < 4.78 is 5.20. The Morgan fingerprint density at radius 2 is 1.61 bits per heavy atom. The van der Waals surface area contributed by atoms with Crippen LogP contribution in [0.3, 0.4) is 0 Å². The van der Waals surface area contributed by atoms with Gasteiger partial charge in [-0.05, 0) is 37.3 Å². The van der Waals surface area contributed by atoms with E-state index in [0.717, 1.165) is 0 Å². The van der Waals surface area contributed by atoms with E-state index in [1.807, 2.05) is 18.2 Å². The molecule has 0 saturated heterocycles. The van der Waals surface area contributed by atoms with E-state index in [1.54, 1.807) is 19.2 Å². The number of benzene rings is 2. The van der Waals surface area contributed by atoms with E-state index in [0.29, 0.717) is 15.7 Å². The molecule has 0 aliphatic rings. The van der Waals surface area contributed by atoms with E-state index in [-0.39, 0.29) is 11.5 Å². The van der Waals surface area contributed by atoms with Gasteiger partial charge in [-0.15, -0.1) is 0 Å². The first-order valence-corrected chi connectivity index (χ1v) is 7.64. The smallest absolute Gasteiger partial charge is 0.339 e. The van der Waals surface area contributed by atoms with Crippen molar-refractivity contribution in [1.82, 2.24) is 0 Å². The van der Waals surface area contributed by atoms with Crippen molar-refractivity contribution in [3.8, 4) is 0 Å². The fraction of sp³-hybridized carbons (Fsp3) is 0.176. The highest BCUT2D eigenvalue weighted by Crippen LogP contribution is 2.20. The number of esters is 1. The molecule has 2 aromatic carbocycles. The maximum absolute atomic E-state index is 12.3. The van der Waals surface area contributed by atoms with Crippen molar-refractivity contribution >= 4 is 40.8 Å². The van der Waals surface area contributed by atoms with Gasteiger partial charge in [0.2, 0.25) is 0 Å². The van der Waals surface area contributed by atoms with Crippen molar-refractivity contribution in [1.29, 1.82) is 0 Å². The molecule has 0 aliphatic heterocycles. The van der Waals surface area contributed by atoms with Crippen molar-refractivity contribution in [3.05, 3.63) is 64.1 Å². The summed E-state index contributed by atoms with van der Waals surface area (Å²) in [6.07, 6.45) is -0.939. The van der Waals surface area contributed by atoms with Gasteiger partial charge in [-0.3, -0.25) is 4.79 Å². The molecule has 0 heterocycles. The van der Waals surface area contributed by atoms with E-state index in [4.69, 9.17) is 27.9 Å². The molecule has 0 aromatic heterocycles. The SMILES string of the molecule is CC(OC(=O)c1cc(Cl)cc(Cl)c1)C(=O)N(C)c1ccccc1. The Bertz CT molecular complexity index is 699. The molecule has 0 N–H and O–H groups in total. The molecule has 2 aromatic rings. The van der Waals surface area contributed by atoms with Gasteiger partial charge < -0.3 is 9.64 Å². The standard InChI is InChI=1S/C17H15Cl2NO3/c1-11(16(21)20(2)15-6-4-3-5-7-15)23-17(22)12-8-13(18)10-14(19)9-12/h3-11H,1-2H3. The fourth-order valence-corrected chi connectivity index (χ4v) is 2.53. The number of anilines is 1. The fourth-order valence-electron chi connectivity index (χ4n) is 2.00. The summed E-state index contributed by atoms with van der Waals surface area (Å²) in [7, 11) is 1.62. The molecule has 6 heteroatoms. The van der Waals surface area contributed by atoms with Crippen molar-refractivity contribution < 1.29 is 14.3 Å². The van der Waals surface area contributed by atoms with Gasteiger partial charge in [0, 0.05) is 22.8 Å². The lowest BCUT2D eigenvalue weighted by Crippen LogP contribution is -2.37. The number of ether oxygens (including phenoxy) is 1. The quantitative estimate of drug-likeness (QED) is 0.775. The number of hydrogen-bond donors (Lipinski definition) is 0. The molecule has 2 rings (SSSR count). The predicted molar refractivity (Wildman–Crippen MR) is 91.2 cm³/mol. The van der Waals surface area contributed by atoms with Crippen LogP contribution in [0.15, 0.2) is 48.5 Å². The molecule has 0 spiro atoms. The predicted octanol–water partition coefficient (Wildman–Crippen LogP) is 4.20. The van der Waals surface area contributed by atoms with Crippen LogP contribution in [-0.4, -0.2) is 25.0 Å². The third kappa shape index (κ3) is 4.47. The van der Waals surface area contributed by atoms with Crippen LogP contribution in [0, 0.1) is 0 Å². The van der Waals surface area contributed by atoms with Crippen molar-refractivity contribution in [2.24, 2.45) is 0 Å². The van der Waals surface area contributed by atoms with Crippen molar-refractivity contribution in [3.63, 3.8) is 0 Å². The molecule has 1 unspecified atom stereocenters. The first-order valence-electron chi connectivity index (χ1n) is 6.88. The average Bonchev–Trinajstić information content (AvgIpc) is 2.53.